The molecule has 2 rings (SSSR count). The van der Waals surface area contributed by atoms with E-state index in [9.17, 15) is 9.18 Å². The first-order valence-corrected chi connectivity index (χ1v) is 6.62. The van der Waals surface area contributed by atoms with E-state index in [-0.39, 0.29) is 5.78 Å². The Bertz CT molecular complexity index is 628. The van der Waals surface area contributed by atoms with E-state index in [0.717, 1.165) is 0 Å². The van der Waals surface area contributed by atoms with Crippen LogP contribution in [0.5, 0.6) is 0 Å². The molecule has 0 aromatic heterocycles. The van der Waals surface area contributed by atoms with Crippen molar-refractivity contribution in [3.8, 4) is 0 Å². The predicted molar refractivity (Wildman–Crippen MR) is 76.1 cm³/mol. The molecule has 0 spiro atoms. The van der Waals surface area contributed by atoms with Crippen molar-refractivity contribution in [3.05, 3.63) is 62.3 Å². The van der Waals surface area contributed by atoms with E-state index in [4.69, 9.17) is 5.73 Å². The average Bonchev–Trinajstić information content (AvgIpc) is 2.32. The number of ketones is 1. The molecule has 0 unspecified atom stereocenters. The molecule has 0 saturated carbocycles. The Labute approximate surface area is 120 Å². The maximum atomic E-state index is 13.0. The lowest BCUT2D eigenvalue weighted by molar-refractivity contribution is 0.103. The molecule has 92 valence electrons. The number of rotatable bonds is 2. The predicted octanol–water partition coefficient (Wildman–Crippen LogP) is 4.16. The van der Waals surface area contributed by atoms with Crippen LogP contribution in [-0.2, 0) is 0 Å². The van der Waals surface area contributed by atoms with Crippen LogP contribution >= 0.6 is 31.9 Å². The number of hydrogen-bond donors (Lipinski definition) is 1. The molecule has 0 aliphatic rings. The third-order valence-electron chi connectivity index (χ3n) is 2.44. The fourth-order valence-electron chi connectivity index (χ4n) is 1.50. The highest BCUT2D eigenvalue weighted by Crippen LogP contribution is 2.25. The Morgan fingerprint density at radius 3 is 2.39 bits per heavy atom. The van der Waals surface area contributed by atoms with Crippen molar-refractivity contribution in [2.45, 2.75) is 0 Å². The Morgan fingerprint density at radius 2 is 1.78 bits per heavy atom. The van der Waals surface area contributed by atoms with Crippen LogP contribution in [0.25, 0.3) is 0 Å². The summed E-state index contributed by atoms with van der Waals surface area (Å²) in [5, 5.41) is 0. The van der Waals surface area contributed by atoms with Crippen molar-refractivity contribution >= 4 is 43.3 Å². The van der Waals surface area contributed by atoms with Gasteiger partial charge in [-0.05, 0) is 68.3 Å². The number of nitrogens with two attached hydrogens (primary N) is 1. The zero-order valence-electron chi connectivity index (χ0n) is 9.08. The molecular weight excluding hydrogens is 365 g/mol. The molecule has 0 fully saturated rings. The number of carbonyl (C=O) groups is 1. The Kier molecular flexibility index (Phi) is 3.82. The molecule has 5 heteroatoms. The molecule has 0 aliphatic heterocycles. The van der Waals surface area contributed by atoms with Crippen LogP contribution < -0.4 is 5.73 Å². The summed E-state index contributed by atoms with van der Waals surface area (Å²) in [4.78, 5) is 12.2. The summed E-state index contributed by atoms with van der Waals surface area (Å²) in [6.45, 7) is 0. The van der Waals surface area contributed by atoms with Gasteiger partial charge in [0.15, 0.2) is 5.78 Å². The van der Waals surface area contributed by atoms with Gasteiger partial charge < -0.3 is 5.73 Å². The topological polar surface area (TPSA) is 43.1 Å². The Hall–Kier alpha value is -1.20. The molecule has 0 aliphatic carbocycles. The second kappa shape index (κ2) is 5.20. The van der Waals surface area contributed by atoms with E-state index in [1.807, 2.05) is 0 Å². The molecule has 2 nitrogen and oxygen atoms in total. The zero-order chi connectivity index (χ0) is 13.3. The zero-order valence-corrected chi connectivity index (χ0v) is 12.3. The molecule has 18 heavy (non-hydrogen) atoms. The maximum absolute atomic E-state index is 13.0. The van der Waals surface area contributed by atoms with E-state index in [2.05, 4.69) is 31.9 Å². The largest absolute Gasteiger partial charge is 0.398 e. The Balaban J connectivity index is 2.44. The summed E-state index contributed by atoms with van der Waals surface area (Å²) < 4.78 is 14.1. The van der Waals surface area contributed by atoms with Gasteiger partial charge in [0.1, 0.15) is 5.82 Å². The van der Waals surface area contributed by atoms with Crippen molar-refractivity contribution < 1.29 is 9.18 Å². The van der Waals surface area contributed by atoms with Crippen LogP contribution in [-0.4, -0.2) is 5.78 Å². The van der Waals surface area contributed by atoms with Crippen molar-refractivity contribution in [2.24, 2.45) is 0 Å². The highest BCUT2D eigenvalue weighted by molar-refractivity contribution is 9.11. The first-order valence-electron chi connectivity index (χ1n) is 5.04. The van der Waals surface area contributed by atoms with Crippen LogP contribution in [0.2, 0.25) is 0 Å². The molecule has 2 aromatic carbocycles. The van der Waals surface area contributed by atoms with Crippen molar-refractivity contribution in [1.29, 1.82) is 0 Å². The number of anilines is 1. The van der Waals surface area contributed by atoms with Gasteiger partial charge in [-0.3, -0.25) is 4.79 Å². The smallest absolute Gasteiger partial charge is 0.194 e. The molecule has 0 saturated heterocycles. The molecule has 0 amide bonds. The average molecular weight is 373 g/mol. The minimum absolute atomic E-state index is 0.192. The van der Waals surface area contributed by atoms with Gasteiger partial charge in [0, 0.05) is 25.8 Å². The van der Waals surface area contributed by atoms with Crippen molar-refractivity contribution in [1.82, 2.24) is 0 Å². The fourth-order valence-corrected chi connectivity index (χ4v) is 2.41. The monoisotopic (exact) mass is 371 g/mol. The van der Waals surface area contributed by atoms with E-state index in [1.165, 1.54) is 18.2 Å². The van der Waals surface area contributed by atoms with E-state index >= 15 is 0 Å². The number of halogens is 3. The number of benzene rings is 2. The fraction of sp³-hybridized carbons (Fsp3) is 0. The summed E-state index contributed by atoms with van der Waals surface area (Å²) in [6, 6.07) is 8.90. The van der Waals surface area contributed by atoms with Crippen LogP contribution in [0, 0.1) is 5.82 Å². The second-order valence-electron chi connectivity index (χ2n) is 3.69. The van der Waals surface area contributed by atoms with Gasteiger partial charge >= 0.3 is 0 Å². The number of nitrogen functional groups attached to an aromatic ring is 1. The second-order valence-corrected chi connectivity index (χ2v) is 5.40. The molecule has 0 radical (unpaired) electrons. The molecule has 0 bridgehead atoms. The highest BCUT2D eigenvalue weighted by atomic mass is 79.9. The van der Waals surface area contributed by atoms with Gasteiger partial charge in [-0.15, -0.1) is 0 Å². The van der Waals surface area contributed by atoms with Crippen LogP contribution in [0.15, 0.2) is 45.3 Å². The van der Waals surface area contributed by atoms with E-state index < -0.39 is 5.82 Å². The SMILES string of the molecule is Nc1ccc(C(=O)c2ccc(F)cc2Br)cc1Br. The van der Waals surface area contributed by atoms with Gasteiger partial charge in [-0.2, -0.15) is 0 Å². The normalized spacial score (nSPS) is 10.4. The summed E-state index contributed by atoms with van der Waals surface area (Å²) >= 11 is 6.45. The summed E-state index contributed by atoms with van der Waals surface area (Å²) in [7, 11) is 0. The minimum atomic E-state index is -0.392. The van der Waals surface area contributed by atoms with Gasteiger partial charge in [-0.25, -0.2) is 4.39 Å². The lowest BCUT2D eigenvalue weighted by atomic mass is 10.0. The lowest BCUT2D eigenvalue weighted by Gasteiger charge is -2.06. The summed E-state index contributed by atoms with van der Waals surface area (Å²) in [5.41, 5.74) is 7.12. The van der Waals surface area contributed by atoms with E-state index in [1.54, 1.807) is 18.2 Å². The lowest BCUT2D eigenvalue weighted by Crippen LogP contribution is -2.03. The first-order chi connectivity index (χ1) is 8.49. The minimum Gasteiger partial charge on any atom is -0.398 e. The summed E-state index contributed by atoms with van der Waals surface area (Å²) in [5.74, 6) is -0.584. The molecule has 2 N–H and O–H groups in total. The molecular formula is C13H8Br2FNO. The summed E-state index contributed by atoms with van der Waals surface area (Å²) in [6.07, 6.45) is 0. The van der Waals surface area contributed by atoms with Gasteiger partial charge in [0.25, 0.3) is 0 Å². The Morgan fingerprint density at radius 1 is 1.06 bits per heavy atom. The number of carbonyl (C=O) groups excluding carboxylic acids is 1. The van der Waals surface area contributed by atoms with Gasteiger partial charge in [0.2, 0.25) is 0 Å². The van der Waals surface area contributed by atoms with E-state index in [0.29, 0.717) is 25.8 Å². The highest BCUT2D eigenvalue weighted by Gasteiger charge is 2.14. The molecule has 0 atom stereocenters. The molecule has 2 aromatic rings. The molecule has 0 heterocycles. The van der Waals surface area contributed by atoms with Crippen molar-refractivity contribution in [3.63, 3.8) is 0 Å². The van der Waals surface area contributed by atoms with Crippen LogP contribution in [0.3, 0.4) is 0 Å². The third kappa shape index (κ3) is 2.62. The number of hydrogen-bond acceptors (Lipinski definition) is 2. The van der Waals surface area contributed by atoms with Gasteiger partial charge in [0.05, 0.1) is 0 Å². The first kappa shape index (κ1) is 13.2. The van der Waals surface area contributed by atoms with Crippen LogP contribution in [0.4, 0.5) is 10.1 Å². The van der Waals surface area contributed by atoms with Crippen LogP contribution in [0.1, 0.15) is 15.9 Å². The standard InChI is InChI=1S/C13H8Br2FNO/c14-10-6-8(16)2-3-9(10)13(18)7-1-4-12(17)11(15)5-7/h1-6H,17H2. The quantitative estimate of drug-likeness (QED) is 0.635. The maximum Gasteiger partial charge on any atom is 0.194 e. The van der Waals surface area contributed by atoms with Crippen molar-refractivity contribution in [2.75, 3.05) is 5.73 Å². The van der Waals surface area contributed by atoms with Gasteiger partial charge in [-0.1, -0.05) is 0 Å². The third-order valence-corrected chi connectivity index (χ3v) is 3.78.